The maximum Gasteiger partial charge on any atom is 0.141 e. The standard InChI is InChI=1S/C12H10BrFOS/c13-11-4-3-9(8-12(11)14)15-6-5-10-2-1-7-16-10/h1-4,7-8H,5-6H2. The average molecular weight is 301 g/mol. The first-order valence-electron chi connectivity index (χ1n) is 4.86. The summed E-state index contributed by atoms with van der Waals surface area (Å²) < 4.78 is 19.1. The van der Waals surface area contributed by atoms with E-state index in [1.165, 1.54) is 10.9 Å². The predicted molar refractivity (Wildman–Crippen MR) is 67.6 cm³/mol. The molecule has 1 aromatic heterocycles. The van der Waals surface area contributed by atoms with Crippen LogP contribution in [-0.4, -0.2) is 6.61 Å². The lowest BCUT2D eigenvalue weighted by molar-refractivity contribution is 0.321. The van der Waals surface area contributed by atoms with Gasteiger partial charge in [-0.3, -0.25) is 0 Å². The lowest BCUT2D eigenvalue weighted by Crippen LogP contribution is -2.00. The van der Waals surface area contributed by atoms with Crippen molar-refractivity contribution in [1.29, 1.82) is 0 Å². The van der Waals surface area contributed by atoms with Crippen molar-refractivity contribution in [3.05, 3.63) is 50.9 Å². The van der Waals surface area contributed by atoms with Crippen LogP contribution in [0.25, 0.3) is 0 Å². The first-order valence-corrected chi connectivity index (χ1v) is 6.53. The zero-order valence-corrected chi connectivity index (χ0v) is 10.9. The molecule has 0 aliphatic rings. The van der Waals surface area contributed by atoms with Crippen molar-refractivity contribution in [3.63, 3.8) is 0 Å². The van der Waals surface area contributed by atoms with Gasteiger partial charge in [0.2, 0.25) is 0 Å². The summed E-state index contributed by atoms with van der Waals surface area (Å²) in [6, 6.07) is 8.87. The summed E-state index contributed by atoms with van der Waals surface area (Å²) in [6.45, 7) is 0.571. The van der Waals surface area contributed by atoms with E-state index >= 15 is 0 Å². The van der Waals surface area contributed by atoms with Crippen molar-refractivity contribution in [3.8, 4) is 5.75 Å². The first kappa shape index (κ1) is 11.6. The van der Waals surface area contributed by atoms with Gasteiger partial charge in [0.05, 0.1) is 11.1 Å². The van der Waals surface area contributed by atoms with Crippen LogP contribution >= 0.6 is 27.3 Å². The summed E-state index contributed by atoms with van der Waals surface area (Å²) in [4.78, 5) is 1.28. The van der Waals surface area contributed by atoms with Crippen molar-refractivity contribution in [2.45, 2.75) is 6.42 Å². The lowest BCUT2D eigenvalue weighted by Gasteiger charge is -2.05. The molecule has 0 N–H and O–H groups in total. The van der Waals surface area contributed by atoms with Gasteiger partial charge in [0.25, 0.3) is 0 Å². The van der Waals surface area contributed by atoms with Gasteiger partial charge in [-0.25, -0.2) is 4.39 Å². The molecule has 0 aliphatic heterocycles. The Bertz CT molecular complexity index is 456. The molecule has 0 amide bonds. The third-order valence-corrected chi connectivity index (χ3v) is 3.67. The second-order valence-corrected chi connectivity index (χ2v) is 5.14. The number of halogens is 2. The molecule has 0 aliphatic carbocycles. The summed E-state index contributed by atoms with van der Waals surface area (Å²) in [5.74, 6) is 0.269. The van der Waals surface area contributed by atoms with Gasteiger partial charge in [-0.1, -0.05) is 6.07 Å². The largest absolute Gasteiger partial charge is 0.493 e. The topological polar surface area (TPSA) is 9.23 Å². The number of ether oxygens (including phenoxy) is 1. The molecule has 0 saturated carbocycles. The summed E-state index contributed by atoms with van der Waals surface area (Å²) in [5.41, 5.74) is 0. The molecular formula is C12H10BrFOS. The summed E-state index contributed by atoms with van der Waals surface area (Å²) >= 11 is 4.80. The van der Waals surface area contributed by atoms with Crippen molar-refractivity contribution < 1.29 is 9.13 Å². The molecular weight excluding hydrogens is 291 g/mol. The Balaban J connectivity index is 1.87. The van der Waals surface area contributed by atoms with Crippen LogP contribution in [0.4, 0.5) is 4.39 Å². The van der Waals surface area contributed by atoms with E-state index < -0.39 is 0 Å². The summed E-state index contributed by atoms with van der Waals surface area (Å²) in [5, 5.41) is 2.04. The molecule has 16 heavy (non-hydrogen) atoms. The maximum atomic E-state index is 13.2. The highest BCUT2D eigenvalue weighted by Crippen LogP contribution is 2.21. The molecule has 4 heteroatoms. The smallest absolute Gasteiger partial charge is 0.141 e. The maximum absolute atomic E-state index is 13.2. The highest BCUT2D eigenvalue weighted by atomic mass is 79.9. The van der Waals surface area contributed by atoms with Gasteiger partial charge in [-0.15, -0.1) is 11.3 Å². The quantitative estimate of drug-likeness (QED) is 0.819. The minimum absolute atomic E-state index is 0.298. The molecule has 1 heterocycles. The fourth-order valence-electron chi connectivity index (χ4n) is 1.29. The van der Waals surface area contributed by atoms with Crippen LogP contribution in [-0.2, 0) is 6.42 Å². The third-order valence-electron chi connectivity index (χ3n) is 2.09. The zero-order valence-electron chi connectivity index (χ0n) is 8.45. The molecule has 0 unspecified atom stereocenters. The van der Waals surface area contributed by atoms with Gasteiger partial charge < -0.3 is 4.74 Å². The van der Waals surface area contributed by atoms with Crippen molar-refractivity contribution >= 4 is 27.3 Å². The molecule has 0 radical (unpaired) electrons. The van der Waals surface area contributed by atoms with E-state index in [2.05, 4.69) is 22.0 Å². The van der Waals surface area contributed by atoms with Crippen LogP contribution in [0.5, 0.6) is 5.75 Å². The molecule has 0 atom stereocenters. The lowest BCUT2D eigenvalue weighted by atomic mass is 10.3. The first-order chi connectivity index (χ1) is 7.75. The number of benzene rings is 1. The van der Waals surface area contributed by atoms with E-state index in [1.54, 1.807) is 23.5 Å². The molecule has 0 bridgehead atoms. The number of hydrogen-bond donors (Lipinski definition) is 0. The van der Waals surface area contributed by atoms with Crippen LogP contribution < -0.4 is 4.74 Å². The van der Waals surface area contributed by atoms with Crippen molar-refractivity contribution in [2.75, 3.05) is 6.61 Å². The highest BCUT2D eigenvalue weighted by Gasteiger charge is 2.01. The Morgan fingerprint density at radius 3 is 2.88 bits per heavy atom. The fourth-order valence-corrected chi connectivity index (χ4v) is 2.23. The third kappa shape index (κ3) is 3.06. The van der Waals surface area contributed by atoms with Gasteiger partial charge in [0, 0.05) is 17.4 Å². The van der Waals surface area contributed by atoms with Crippen LogP contribution in [0.1, 0.15) is 4.88 Å². The Hall–Kier alpha value is -0.870. The Morgan fingerprint density at radius 2 is 2.19 bits per heavy atom. The van der Waals surface area contributed by atoms with Crippen LogP contribution in [0.15, 0.2) is 40.2 Å². The van der Waals surface area contributed by atoms with E-state index in [0.29, 0.717) is 16.8 Å². The Morgan fingerprint density at radius 1 is 1.31 bits per heavy atom. The fraction of sp³-hybridized carbons (Fsp3) is 0.167. The Kier molecular flexibility index (Phi) is 3.96. The zero-order chi connectivity index (χ0) is 11.4. The van der Waals surface area contributed by atoms with E-state index in [9.17, 15) is 4.39 Å². The van der Waals surface area contributed by atoms with Gasteiger partial charge >= 0.3 is 0 Å². The minimum Gasteiger partial charge on any atom is -0.493 e. The molecule has 1 aromatic carbocycles. The molecule has 84 valence electrons. The van der Waals surface area contributed by atoms with E-state index in [1.807, 2.05) is 11.4 Å². The highest BCUT2D eigenvalue weighted by molar-refractivity contribution is 9.10. The van der Waals surface area contributed by atoms with Crippen LogP contribution in [0, 0.1) is 5.82 Å². The summed E-state index contributed by atoms with van der Waals surface area (Å²) in [7, 11) is 0. The molecule has 0 spiro atoms. The van der Waals surface area contributed by atoms with Gasteiger partial charge in [-0.05, 0) is 39.5 Å². The monoisotopic (exact) mass is 300 g/mol. The second kappa shape index (κ2) is 5.46. The molecule has 0 saturated heterocycles. The van der Waals surface area contributed by atoms with Crippen LogP contribution in [0.3, 0.4) is 0 Å². The SMILES string of the molecule is Fc1cc(OCCc2cccs2)ccc1Br. The van der Waals surface area contributed by atoms with E-state index in [4.69, 9.17) is 4.74 Å². The number of rotatable bonds is 4. The van der Waals surface area contributed by atoms with E-state index in [0.717, 1.165) is 6.42 Å². The van der Waals surface area contributed by atoms with Crippen LogP contribution in [0.2, 0.25) is 0 Å². The van der Waals surface area contributed by atoms with Crippen molar-refractivity contribution in [2.24, 2.45) is 0 Å². The number of thiophene rings is 1. The average Bonchev–Trinajstić information content (AvgIpc) is 2.76. The summed E-state index contributed by atoms with van der Waals surface area (Å²) in [6.07, 6.45) is 0.856. The van der Waals surface area contributed by atoms with E-state index in [-0.39, 0.29) is 5.82 Å². The van der Waals surface area contributed by atoms with Gasteiger partial charge in [-0.2, -0.15) is 0 Å². The molecule has 2 rings (SSSR count). The normalized spacial score (nSPS) is 10.4. The second-order valence-electron chi connectivity index (χ2n) is 3.25. The number of hydrogen-bond acceptors (Lipinski definition) is 2. The predicted octanol–water partition coefficient (Wildman–Crippen LogP) is 4.27. The molecule has 1 nitrogen and oxygen atoms in total. The van der Waals surface area contributed by atoms with Crippen molar-refractivity contribution in [1.82, 2.24) is 0 Å². The Labute approximate surface area is 106 Å². The van der Waals surface area contributed by atoms with Gasteiger partial charge in [0.15, 0.2) is 0 Å². The minimum atomic E-state index is -0.298. The van der Waals surface area contributed by atoms with Gasteiger partial charge in [0.1, 0.15) is 11.6 Å². The molecule has 0 fully saturated rings. The molecule has 2 aromatic rings.